The van der Waals surface area contributed by atoms with Crippen LogP contribution in [0.1, 0.15) is 19.8 Å². The van der Waals surface area contributed by atoms with Gasteiger partial charge in [0.25, 0.3) is 0 Å². The smallest absolute Gasteiger partial charge is 0.155 e. The summed E-state index contributed by atoms with van der Waals surface area (Å²) in [7, 11) is 0. The summed E-state index contributed by atoms with van der Waals surface area (Å²) in [6, 6.07) is 0. The molecule has 0 aliphatic heterocycles. The van der Waals surface area contributed by atoms with E-state index < -0.39 is 6.10 Å². The first-order chi connectivity index (χ1) is 4.74. The maximum absolute atomic E-state index is 10.8. The van der Waals surface area contributed by atoms with Gasteiger partial charge in [-0.05, 0) is 12.0 Å². The third-order valence-corrected chi connectivity index (χ3v) is 1.95. The molecule has 10 heavy (non-hydrogen) atoms. The van der Waals surface area contributed by atoms with Crippen LogP contribution in [0.15, 0.2) is 12.2 Å². The Morgan fingerprint density at radius 2 is 2.50 bits per heavy atom. The Bertz CT molecular complexity index is 161. The quantitative estimate of drug-likeness (QED) is 0.587. The molecule has 0 radical (unpaired) electrons. The Hall–Kier alpha value is -0.630. The highest BCUT2D eigenvalue weighted by Crippen LogP contribution is 2.19. The zero-order valence-corrected chi connectivity index (χ0v) is 6.08. The zero-order chi connectivity index (χ0) is 7.56. The molecule has 0 heterocycles. The van der Waals surface area contributed by atoms with Gasteiger partial charge in [-0.3, -0.25) is 4.79 Å². The largest absolute Gasteiger partial charge is 0.389 e. The fourth-order valence-electron chi connectivity index (χ4n) is 1.20. The van der Waals surface area contributed by atoms with Gasteiger partial charge in [0.1, 0.15) is 0 Å². The van der Waals surface area contributed by atoms with Gasteiger partial charge in [-0.15, -0.1) is 0 Å². The van der Waals surface area contributed by atoms with Gasteiger partial charge in [0.05, 0.1) is 6.10 Å². The standard InChI is InChI=1S/C8H12O2/c1-2-6-5-7(9)3-4-8(6)10/h3-4,6,8,10H,2,5H2,1H3/t6-,8-/m1/s1. The number of hydrogen-bond acceptors (Lipinski definition) is 2. The first-order valence-electron chi connectivity index (χ1n) is 3.63. The number of aliphatic hydroxyl groups is 1. The maximum atomic E-state index is 10.8. The second-order valence-electron chi connectivity index (χ2n) is 2.69. The molecule has 0 saturated heterocycles. The van der Waals surface area contributed by atoms with Crippen LogP contribution in [0.25, 0.3) is 0 Å². The van der Waals surface area contributed by atoms with Gasteiger partial charge in [0.2, 0.25) is 0 Å². The van der Waals surface area contributed by atoms with Crippen molar-refractivity contribution in [2.45, 2.75) is 25.9 Å². The average molecular weight is 140 g/mol. The van der Waals surface area contributed by atoms with Crippen LogP contribution in [0.3, 0.4) is 0 Å². The molecule has 1 rings (SSSR count). The van der Waals surface area contributed by atoms with Crippen molar-refractivity contribution in [1.29, 1.82) is 0 Å². The van der Waals surface area contributed by atoms with Crippen LogP contribution in [0.4, 0.5) is 0 Å². The molecule has 0 bridgehead atoms. The monoisotopic (exact) mass is 140 g/mol. The van der Waals surface area contributed by atoms with Crippen LogP contribution < -0.4 is 0 Å². The van der Waals surface area contributed by atoms with Crippen molar-refractivity contribution in [3.63, 3.8) is 0 Å². The first kappa shape index (κ1) is 7.48. The lowest BCUT2D eigenvalue weighted by Crippen LogP contribution is -2.24. The Labute approximate surface area is 60.6 Å². The highest BCUT2D eigenvalue weighted by Gasteiger charge is 2.21. The number of carbonyl (C=O) groups excluding carboxylic acids is 1. The van der Waals surface area contributed by atoms with E-state index >= 15 is 0 Å². The van der Waals surface area contributed by atoms with Crippen molar-refractivity contribution < 1.29 is 9.90 Å². The zero-order valence-electron chi connectivity index (χ0n) is 6.08. The molecule has 0 saturated carbocycles. The molecule has 2 nitrogen and oxygen atoms in total. The van der Waals surface area contributed by atoms with Gasteiger partial charge < -0.3 is 5.11 Å². The van der Waals surface area contributed by atoms with E-state index in [1.165, 1.54) is 6.08 Å². The van der Waals surface area contributed by atoms with Crippen molar-refractivity contribution in [3.8, 4) is 0 Å². The van der Waals surface area contributed by atoms with Crippen LogP contribution in [0.5, 0.6) is 0 Å². The van der Waals surface area contributed by atoms with Crippen molar-refractivity contribution in [2.75, 3.05) is 0 Å². The third-order valence-electron chi connectivity index (χ3n) is 1.95. The summed E-state index contributed by atoms with van der Waals surface area (Å²) in [6.45, 7) is 1.99. The topological polar surface area (TPSA) is 37.3 Å². The molecule has 56 valence electrons. The second kappa shape index (κ2) is 2.97. The third kappa shape index (κ3) is 1.45. The fraction of sp³-hybridized carbons (Fsp3) is 0.625. The van der Waals surface area contributed by atoms with Crippen LogP contribution >= 0.6 is 0 Å². The molecule has 0 fully saturated rings. The molecule has 0 spiro atoms. The number of aliphatic hydroxyl groups excluding tert-OH is 1. The van der Waals surface area contributed by atoms with Gasteiger partial charge in [-0.1, -0.05) is 19.4 Å². The fourth-order valence-corrected chi connectivity index (χ4v) is 1.20. The van der Waals surface area contributed by atoms with Gasteiger partial charge in [-0.25, -0.2) is 0 Å². The minimum Gasteiger partial charge on any atom is -0.389 e. The first-order valence-corrected chi connectivity index (χ1v) is 3.63. The summed E-state index contributed by atoms with van der Waals surface area (Å²) in [5.74, 6) is 0.287. The Kier molecular flexibility index (Phi) is 2.22. The lowest BCUT2D eigenvalue weighted by molar-refractivity contribution is -0.116. The molecule has 2 atom stereocenters. The molecule has 2 heteroatoms. The molecule has 1 aliphatic carbocycles. The molecular formula is C8H12O2. The molecule has 0 aromatic rings. The van der Waals surface area contributed by atoms with Gasteiger partial charge >= 0.3 is 0 Å². The van der Waals surface area contributed by atoms with E-state index in [1.807, 2.05) is 6.92 Å². The van der Waals surface area contributed by atoms with Crippen LogP contribution in [-0.4, -0.2) is 17.0 Å². The second-order valence-corrected chi connectivity index (χ2v) is 2.69. The molecule has 0 aromatic heterocycles. The molecule has 0 aromatic carbocycles. The van der Waals surface area contributed by atoms with Crippen molar-refractivity contribution >= 4 is 5.78 Å². The summed E-state index contributed by atoms with van der Waals surface area (Å²) in [5.41, 5.74) is 0. The maximum Gasteiger partial charge on any atom is 0.155 e. The van der Waals surface area contributed by atoms with Crippen LogP contribution in [0, 0.1) is 5.92 Å². The Morgan fingerprint density at radius 1 is 1.80 bits per heavy atom. The molecule has 1 N–H and O–H groups in total. The van der Waals surface area contributed by atoms with Crippen molar-refractivity contribution in [3.05, 3.63) is 12.2 Å². The van der Waals surface area contributed by atoms with Crippen molar-refractivity contribution in [2.24, 2.45) is 5.92 Å². The lowest BCUT2D eigenvalue weighted by Gasteiger charge is -2.20. The summed E-state index contributed by atoms with van der Waals surface area (Å²) in [5, 5.41) is 9.25. The van der Waals surface area contributed by atoms with Crippen LogP contribution in [-0.2, 0) is 4.79 Å². The van der Waals surface area contributed by atoms with E-state index in [1.54, 1.807) is 6.08 Å². The van der Waals surface area contributed by atoms with Gasteiger partial charge in [0.15, 0.2) is 5.78 Å². The number of hydrogen-bond donors (Lipinski definition) is 1. The van der Waals surface area contributed by atoms with E-state index in [2.05, 4.69) is 0 Å². The molecular weight excluding hydrogens is 128 g/mol. The minimum atomic E-state index is -0.400. The SMILES string of the molecule is CC[C@@H]1CC(=O)C=C[C@H]1O. The predicted octanol–water partition coefficient (Wildman–Crippen LogP) is 0.902. The normalized spacial score (nSPS) is 32.8. The minimum absolute atomic E-state index is 0.136. The summed E-state index contributed by atoms with van der Waals surface area (Å²) >= 11 is 0. The van der Waals surface area contributed by atoms with E-state index in [9.17, 15) is 9.90 Å². The molecule has 0 unspecified atom stereocenters. The van der Waals surface area contributed by atoms with Crippen molar-refractivity contribution in [1.82, 2.24) is 0 Å². The van der Waals surface area contributed by atoms with Gasteiger partial charge in [-0.2, -0.15) is 0 Å². The highest BCUT2D eigenvalue weighted by atomic mass is 16.3. The Balaban J connectivity index is 2.62. The molecule has 0 amide bonds. The predicted molar refractivity (Wildman–Crippen MR) is 38.6 cm³/mol. The number of rotatable bonds is 1. The van der Waals surface area contributed by atoms with Gasteiger partial charge in [0, 0.05) is 6.42 Å². The summed E-state index contributed by atoms with van der Waals surface area (Å²) in [6.07, 6.45) is 4.03. The number of carbonyl (C=O) groups is 1. The number of allylic oxidation sites excluding steroid dienone is 1. The van der Waals surface area contributed by atoms with E-state index in [0.717, 1.165) is 6.42 Å². The molecule has 1 aliphatic rings. The Morgan fingerprint density at radius 3 is 3.00 bits per heavy atom. The summed E-state index contributed by atoms with van der Waals surface area (Å²) < 4.78 is 0. The van der Waals surface area contributed by atoms with E-state index in [0.29, 0.717) is 6.42 Å². The highest BCUT2D eigenvalue weighted by molar-refractivity contribution is 5.90. The number of ketones is 1. The summed E-state index contributed by atoms with van der Waals surface area (Å²) in [4.78, 5) is 10.8. The van der Waals surface area contributed by atoms with E-state index in [-0.39, 0.29) is 11.7 Å². The van der Waals surface area contributed by atoms with E-state index in [4.69, 9.17) is 0 Å². The average Bonchev–Trinajstić information content (AvgIpc) is 1.94. The van der Waals surface area contributed by atoms with Crippen LogP contribution in [0.2, 0.25) is 0 Å². The lowest BCUT2D eigenvalue weighted by atomic mass is 9.89.